The van der Waals surface area contributed by atoms with Crippen LogP contribution in [-0.4, -0.2) is 24.2 Å². The number of ether oxygens (including phenoxy) is 1. The highest BCUT2D eigenvalue weighted by atomic mass is 19.1. The minimum absolute atomic E-state index is 0.105. The van der Waals surface area contributed by atoms with Gasteiger partial charge in [-0.1, -0.05) is 0 Å². The van der Waals surface area contributed by atoms with Crippen LogP contribution in [0.15, 0.2) is 40.8 Å². The maximum Gasteiger partial charge on any atom is 0.255 e. The summed E-state index contributed by atoms with van der Waals surface area (Å²) in [6, 6.07) is 9.12. The van der Waals surface area contributed by atoms with Crippen LogP contribution in [0.5, 0.6) is 5.75 Å². The number of hydrogen-bond donors (Lipinski definition) is 2. The van der Waals surface area contributed by atoms with Crippen molar-refractivity contribution in [1.29, 1.82) is 0 Å². The van der Waals surface area contributed by atoms with Crippen LogP contribution >= 0.6 is 0 Å². The molecule has 0 aliphatic heterocycles. The van der Waals surface area contributed by atoms with E-state index in [9.17, 15) is 14.3 Å². The number of halogens is 1. The maximum absolute atomic E-state index is 13.3. The standard InChI is InChI=1S/C21H22FNO4/c1-11(2)26-17-10-16-18(9-15(17)12(3)24)27-20(19(16)21(25)23-4)13-5-7-14(22)8-6-13/h5-12,24H,1-4H3,(H,23,25). The number of furan rings is 1. The van der Waals surface area contributed by atoms with Crippen molar-refractivity contribution in [1.82, 2.24) is 5.32 Å². The molecular formula is C21H22FNO4. The van der Waals surface area contributed by atoms with Crippen molar-refractivity contribution in [3.05, 3.63) is 53.3 Å². The first-order chi connectivity index (χ1) is 12.8. The molecule has 0 bridgehead atoms. The number of fused-ring (bicyclic) bond motifs is 1. The summed E-state index contributed by atoms with van der Waals surface area (Å²) in [6.45, 7) is 5.40. The molecule has 0 aliphatic rings. The fraction of sp³-hybridized carbons (Fsp3) is 0.286. The van der Waals surface area contributed by atoms with Gasteiger partial charge >= 0.3 is 0 Å². The number of nitrogens with one attached hydrogen (secondary N) is 1. The predicted molar refractivity (Wildman–Crippen MR) is 101 cm³/mol. The molecule has 142 valence electrons. The van der Waals surface area contributed by atoms with Gasteiger partial charge in [-0.25, -0.2) is 4.39 Å². The van der Waals surface area contributed by atoms with E-state index >= 15 is 0 Å². The van der Waals surface area contributed by atoms with Gasteiger partial charge in [-0.15, -0.1) is 0 Å². The van der Waals surface area contributed by atoms with Gasteiger partial charge in [-0.2, -0.15) is 0 Å². The van der Waals surface area contributed by atoms with Crippen LogP contribution in [0.2, 0.25) is 0 Å². The van der Waals surface area contributed by atoms with Crippen molar-refractivity contribution >= 4 is 16.9 Å². The van der Waals surface area contributed by atoms with E-state index < -0.39 is 6.10 Å². The van der Waals surface area contributed by atoms with Crippen molar-refractivity contribution in [3.8, 4) is 17.1 Å². The van der Waals surface area contributed by atoms with Gasteiger partial charge in [0.1, 0.15) is 22.9 Å². The average Bonchev–Trinajstić information content (AvgIpc) is 2.98. The Balaban J connectivity index is 2.30. The summed E-state index contributed by atoms with van der Waals surface area (Å²) in [5.41, 5.74) is 1.93. The highest BCUT2D eigenvalue weighted by Gasteiger charge is 2.24. The van der Waals surface area contributed by atoms with Gasteiger partial charge in [-0.3, -0.25) is 4.79 Å². The molecule has 2 N–H and O–H groups in total. The van der Waals surface area contributed by atoms with Gasteiger partial charge in [0.25, 0.3) is 5.91 Å². The third-order valence-electron chi connectivity index (χ3n) is 4.19. The van der Waals surface area contributed by atoms with Gasteiger partial charge in [0.15, 0.2) is 0 Å². The second-order valence-corrected chi connectivity index (χ2v) is 6.62. The van der Waals surface area contributed by atoms with E-state index in [-0.39, 0.29) is 17.8 Å². The molecule has 27 heavy (non-hydrogen) atoms. The molecule has 0 fully saturated rings. The zero-order chi connectivity index (χ0) is 19.7. The summed E-state index contributed by atoms with van der Waals surface area (Å²) < 4.78 is 25.1. The topological polar surface area (TPSA) is 71.7 Å². The van der Waals surface area contributed by atoms with Crippen molar-refractivity contribution in [2.75, 3.05) is 7.05 Å². The van der Waals surface area contributed by atoms with Crippen molar-refractivity contribution in [3.63, 3.8) is 0 Å². The van der Waals surface area contributed by atoms with Crippen molar-refractivity contribution in [2.45, 2.75) is 33.0 Å². The van der Waals surface area contributed by atoms with E-state index in [2.05, 4.69) is 5.32 Å². The molecular weight excluding hydrogens is 349 g/mol. The lowest BCUT2D eigenvalue weighted by atomic mass is 10.0. The van der Waals surface area contributed by atoms with Gasteiger partial charge < -0.3 is 19.6 Å². The largest absolute Gasteiger partial charge is 0.491 e. The minimum atomic E-state index is -0.772. The average molecular weight is 371 g/mol. The number of aliphatic hydroxyl groups excluding tert-OH is 1. The summed E-state index contributed by atoms with van der Waals surface area (Å²) in [5, 5.41) is 13.3. The van der Waals surface area contributed by atoms with E-state index in [0.29, 0.717) is 39.2 Å². The Morgan fingerprint density at radius 3 is 2.41 bits per heavy atom. The molecule has 0 radical (unpaired) electrons. The molecule has 3 rings (SSSR count). The summed E-state index contributed by atoms with van der Waals surface area (Å²) in [7, 11) is 1.53. The van der Waals surface area contributed by atoms with Gasteiger partial charge in [-0.05, 0) is 57.2 Å². The first-order valence-electron chi connectivity index (χ1n) is 8.75. The summed E-state index contributed by atoms with van der Waals surface area (Å²) in [5.74, 6) is 0.125. The second-order valence-electron chi connectivity index (χ2n) is 6.62. The predicted octanol–water partition coefficient (Wildman–Crippen LogP) is 4.44. The third kappa shape index (κ3) is 3.66. The molecule has 3 aromatic rings. The maximum atomic E-state index is 13.3. The van der Waals surface area contributed by atoms with Crippen molar-refractivity contribution < 1.29 is 23.4 Å². The van der Waals surface area contributed by atoms with E-state index in [1.165, 1.54) is 19.2 Å². The lowest BCUT2D eigenvalue weighted by Gasteiger charge is -2.16. The van der Waals surface area contributed by atoms with E-state index in [1.807, 2.05) is 13.8 Å². The number of carbonyl (C=O) groups excluding carboxylic acids is 1. The Morgan fingerprint density at radius 1 is 1.19 bits per heavy atom. The molecule has 1 aromatic heterocycles. The molecule has 0 aliphatic carbocycles. The summed E-state index contributed by atoms with van der Waals surface area (Å²) >= 11 is 0. The molecule has 0 spiro atoms. The molecule has 1 heterocycles. The zero-order valence-corrected chi connectivity index (χ0v) is 15.7. The van der Waals surface area contributed by atoms with E-state index in [4.69, 9.17) is 9.15 Å². The minimum Gasteiger partial charge on any atom is -0.491 e. The lowest BCUT2D eigenvalue weighted by molar-refractivity contribution is 0.0964. The number of benzene rings is 2. The third-order valence-corrected chi connectivity index (χ3v) is 4.19. The van der Waals surface area contributed by atoms with Crippen LogP contribution in [0.25, 0.3) is 22.3 Å². The number of hydrogen-bond acceptors (Lipinski definition) is 4. The number of rotatable bonds is 5. The van der Waals surface area contributed by atoms with Crippen LogP contribution in [0.1, 0.15) is 42.8 Å². The molecule has 1 unspecified atom stereocenters. The van der Waals surface area contributed by atoms with Gasteiger partial charge in [0, 0.05) is 23.6 Å². The first kappa shape index (κ1) is 18.9. The van der Waals surface area contributed by atoms with E-state index in [1.54, 1.807) is 31.2 Å². The Kier molecular flexibility index (Phi) is 5.19. The SMILES string of the molecule is CNC(=O)c1c(-c2ccc(F)cc2)oc2cc(C(C)O)c(OC(C)C)cc12. The normalized spacial score (nSPS) is 12.4. The molecule has 5 nitrogen and oxygen atoms in total. The number of carbonyl (C=O) groups is 1. The van der Waals surface area contributed by atoms with Crippen LogP contribution in [0, 0.1) is 5.82 Å². The number of aliphatic hydroxyl groups is 1. The Bertz CT molecular complexity index is 974. The molecule has 6 heteroatoms. The van der Waals surface area contributed by atoms with E-state index in [0.717, 1.165) is 0 Å². The summed E-state index contributed by atoms with van der Waals surface area (Å²) in [4.78, 5) is 12.6. The fourth-order valence-corrected chi connectivity index (χ4v) is 2.98. The van der Waals surface area contributed by atoms with Crippen LogP contribution in [-0.2, 0) is 0 Å². The highest BCUT2D eigenvalue weighted by molar-refractivity contribution is 6.11. The van der Waals surface area contributed by atoms with Gasteiger partial charge in [0.05, 0.1) is 17.8 Å². The van der Waals surface area contributed by atoms with Gasteiger partial charge in [0.2, 0.25) is 0 Å². The van der Waals surface area contributed by atoms with Crippen LogP contribution in [0.3, 0.4) is 0 Å². The van der Waals surface area contributed by atoms with Crippen LogP contribution < -0.4 is 10.1 Å². The first-order valence-corrected chi connectivity index (χ1v) is 8.75. The molecule has 0 saturated carbocycles. The number of amides is 1. The Hall–Kier alpha value is -2.86. The van der Waals surface area contributed by atoms with Crippen LogP contribution in [0.4, 0.5) is 4.39 Å². The lowest BCUT2D eigenvalue weighted by Crippen LogP contribution is -2.18. The molecule has 1 amide bonds. The quantitative estimate of drug-likeness (QED) is 0.696. The van der Waals surface area contributed by atoms with Crippen molar-refractivity contribution in [2.24, 2.45) is 0 Å². The highest BCUT2D eigenvalue weighted by Crippen LogP contribution is 2.39. The monoisotopic (exact) mass is 371 g/mol. The Morgan fingerprint density at radius 2 is 1.85 bits per heavy atom. The summed E-state index contributed by atoms with van der Waals surface area (Å²) in [6.07, 6.45) is -0.877. The Labute approximate surface area is 156 Å². The molecule has 2 aromatic carbocycles. The fourth-order valence-electron chi connectivity index (χ4n) is 2.98. The molecule has 0 saturated heterocycles. The molecule has 1 atom stereocenters. The second kappa shape index (κ2) is 7.40. The zero-order valence-electron chi connectivity index (χ0n) is 15.7. The smallest absolute Gasteiger partial charge is 0.255 e.